The van der Waals surface area contributed by atoms with Gasteiger partial charge < -0.3 is 15.1 Å². The highest BCUT2D eigenvalue weighted by Crippen LogP contribution is 2.28. The van der Waals surface area contributed by atoms with Crippen LogP contribution in [0.3, 0.4) is 0 Å². The number of nitrogens with one attached hydrogen (secondary N) is 1. The van der Waals surface area contributed by atoms with Crippen molar-refractivity contribution >= 4 is 39.9 Å². The topological polar surface area (TPSA) is 61.4 Å². The second-order valence-corrected chi connectivity index (χ2v) is 8.60. The van der Waals surface area contributed by atoms with Crippen molar-refractivity contribution in [3.05, 3.63) is 83.4 Å². The quantitative estimate of drug-likeness (QED) is 0.434. The van der Waals surface area contributed by atoms with Gasteiger partial charge in [0.05, 0.1) is 5.69 Å². The number of aromatic nitrogens is 2. The Hall–Kier alpha value is -3.64. The summed E-state index contributed by atoms with van der Waals surface area (Å²) in [6.45, 7) is 4.56. The second-order valence-electron chi connectivity index (χ2n) is 8.17. The molecule has 2 heterocycles. The van der Waals surface area contributed by atoms with Crippen LogP contribution in [0.1, 0.15) is 5.56 Å². The lowest BCUT2D eigenvalue weighted by atomic mass is 10.0. The number of rotatable bonds is 3. The molecule has 0 bridgehead atoms. The van der Waals surface area contributed by atoms with E-state index in [0.717, 1.165) is 33.7 Å². The van der Waals surface area contributed by atoms with E-state index in [9.17, 15) is 4.79 Å². The first-order valence-corrected chi connectivity index (χ1v) is 11.4. The molecule has 1 aliphatic heterocycles. The van der Waals surface area contributed by atoms with Crippen molar-refractivity contribution in [2.24, 2.45) is 0 Å². The van der Waals surface area contributed by atoms with Crippen LogP contribution in [-0.4, -0.2) is 47.3 Å². The number of nitrogens with zero attached hydrogens (tertiary/aromatic N) is 4. The van der Waals surface area contributed by atoms with Gasteiger partial charge in [-0.1, -0.05) is 60.1 Å². The fourth-order valence-electron chi connectivity index (χ4n) is 4.15. The monoisotopic (exact) mass is 457 g/mol. The average molecular weight is 458 g/mol. The van der Waals surface area contributed by atoms with E-state index in [2.05, 4.69) is 44.7 Å². The molecule has 3 aromatic carbocycles. The van der Waals surface area contributed by atoms with Crippen LogP contribution in [0.15, 0.2) is 72.8 Å². The average Bonchev–Trinajstić information content (AvgIpc) is 2.86. The summed E-state index contributed by atoms with van der Waals surface area (Å²) in [6.07, 6.45) is 0. The van der Waals surface area contributed by atoms with Crippen molar-refractivity contribution in [1.82, 2.24) is 15.1 Å². The lowest BCUT2D eigenvalue weighted by molar-refractivity contribution is 0.208. The highest BCUT2D eigenvalue weighted by molar-refractivity contribution is 6.31. The number of carbonyl (C=O) groups excluding carboxylic acids is 1. The summed E-state index contributed by atoms with van der Waals surface area (Å²) < 4.78 is 0. The van der Waals surface area contributed by atoms with E-state index >= 15 is 0 Å². The van der Waals surface area contributed by atoms with Crippen molar-refractivity contribution in [3.8, 4) is 11.3 Å². The van der Waals surface area contributed by atoms with Gasteiger partial charge in [0.1, 0.15) is 0 Å². The highest BCUT2D eigenvalue weighted by Gasteiger charge is 2.22. The molecule has 1 N–H and O–H groups in total. The van der Waals surface area contributed by atoms with E-state index in [1.54, 1.807) is 6.07 Å². The van der Waals surface area contributed by atoms with Crippen LogP contribution in [-0.2, 0) is 0 Å². The molecule has 1 fully saturated rings. The zero-order valence-corrected chi connectivity index (χ0v) is 19.1. The number of anilines is 2. The van der Waals surface area contributed by atoms with Crippen LogP contribution in [0.2, 0.25) is 5.02 Å². The SMILES string of the molecule is Cc1ccc(Cl)cc1NC(=O)N1CCN(c2ccc(-c3cccc4ccccc34)nn2)CC1. The minimum absolute atomic E-state index is 0.114. The van der Waals surface area contributed by atoms with Gasteiger partial charge in [0.15, 0.2) is 5.82 Å². The number of fused-ring (bicyclic) bond motifs is 1. The largest absolute Gasteiger partial charge is 0.352 e. The predicted molar refractivity (Wildman–Crippen MR) is 134 cm³/mol. The summed E-state index contributed by atoms with van der Waals surface area (Å²) in [4.78, 5) is 16.7. The van der Waals surface area contributed by atoms with E-state index in [1.807, 2.05) is 54.3 Å². The first-order chi connectivity index (χ1) is 16.1. The van der Waals surface area contributed by atoms with E-state index in [4.69, 9.17) is 11.6 Å². The van der Waals surface area contributed by atoms with Gasteiger partial charge >= 0.3 is 6.03 Å². The molecule has 0 unspecified atom stereocenters. The molecular formula is C26H24ClN5O. The number of amides is 2. The first-order valence-electron chi connectivity index (χ1n) is 11.0. The van der Waals surface area contributed by atoms with Gasteiger partial charge in [-0.3, -0.25) is 0 Å². The Morgan fingerprint density at radius 3 is 2.48 bits per heavy atom. The number of hydrogen-bond acceptors (Lipinski definition) is 4. The van der Waals surface area contributed by atoms with Crippen LogP contribution < -0.4 is 10.2 Å². The summed E-state index contributed by atoms with van der Waals surface area (Å²) in [6, 6.07) is 23.9. The Balaban J connectivity index is 1.24. The highest BCUT2D eigenvalue weighted by atomic mass is 35.5. The van der Waals surface area contributed by atoms with Gasteiger partial charge in [-0.15, -0.1) is 10.2 Å². The Morgan fingerprint density at radius 1 is 0.909 bits per heavy atom. The molecule has 1 saturated heterocycles. The van der Waals surface area contributed by atoms with Crippen LogP contribution in [0.4, 0.5) is 16.3 Å². The molecule has 7 heteroatoms. The van der Waals surface area contributed by atoms with Crippen molar-refractivity contribution in [2.75, 3.05) is 36.4 Å². The zero-order valence-electron chi connectivity index (χ0n) is 18.3. The third kappa shape index (κ3) is 4.47. The molecule has 33 heavy (non-hydrogen) atoms. The van der Waals surface area contributed by atoms with E-state index < -0.39 is 0 Å². The normalized spacial score (nSPS) is 13.9. The zero-order chi connectivity index (χ0) is 22.8. The van der Waals surface area contributed by atoms with Gasteiger partial charge in [0.25, 0.3) is 0 Å². The Morgan fingerprint density at radius 2 is 1.70 bits per heavy atom. The predicted octanol–water partition coefficient (Wildman–Crippen LogP) is 5.61. The molecule has 0 saturated carbocycles. The maximum absolute atomic E-state index is 12.7. The maximum Gasteiger partial charge on any atom is 0.321 e. The van der Waals surface area contributed by atoms with Gasteiger partial charge in [-0.05, 0) is 47.5 Å². The van der Waals surface area contributed by atoms with Gasteiger partial charge in [-0.25, -0.2) is 4.79 Å². The fourth-order valence-corrected chi connectivity index (χ4v) is 4.32. The molecule has 1 aliphatic rings. The second kappa shape index (κ2) is 9.08. The van der Waals surface area contributed by atoms with E-state index in [-0.39, 0.29) is 6.03 Å². The fraction of sp³-hybridized carbons (Fsp3) is 0.192. The van der Waals surface area contributed by atoms with Crippen LogP contribution >= 0.6 is 11.6 Å². The van der Waals surface area contributed by atoms with Crippen molar-refractivity contribution in [2.45, 2.75) is 6.92 Å². The van der Waals surface area contributed by atoms with Crippen LogP contribution in [0, 0.1) is 6.92 Å². The Bertz CT molecular complexity index is 1290. The van der Waals surface area contributed by atoms with Crippen molar-refractivity contribution in [3.63, 3.8) is 0 Å². The van der Waals surface area contributed by atoms with Crippen molar-refractivity contribution < 1.29 is 4.79 Å². The standard InChI is InChI=1S/C26H24ClN5O/c1-18-9-10-20(27)17-24(18)28-26(33)32-15-13-31(14-16-32)25-12-11-23(29-30-25)22-8-4-6-19-5-2-3-7-21(19)22/h2-12,17H,13-16H2,1H3,(H,28,33). The number of hydrogen-bond donors (Lipinski definition) is 1. The van der Waals surface area contributed by atoms with Crippen LogP contribution in [0.25, 0.3) is 22.0 Å². The minimum atomic E-state index is -0.114. The maximum atomic E-state index is 12.7. The Labute approximate surface area is 197 Å². The molecule has 0 radical (unpaired) electrons. The van der Waals surface area contributed by atoms with E-state index in [0.29, 0.717) is 31.2 Å². The van der Waals surface area contributed by atoms with Crippen LogP contribution in [0.5, 0.6) is 0 Å². The summed E-state index contributed by atoms with van der Waals surface area (Å²) in [5, 5.41) is 14.9. The van der Waals surface area contributed by atoms with Gasteiger partial charge in [0, 0.05) is 42.5 Å². The molecule has 6 nitrogen and oxygen atoms in total. The molecule has 0 aliphatic carbocycles. The van der Waals surface area contributed by atoms with Gasteiger partial charge in [-0.2, -0.15) is 0 Å². The number of carbonyl (C=O) groups is 1. The summed E-state index contributed by atoms with van der Waals surface area (Å²) in [5.74, 6) is 0.824. The lowest BCUT2D eigenvalue weighted by Crippen LogP contribution is -2.50. The third-order valence-electron chi connectivity index (χ3n) is 6.05. The molecule has 166 valence electrons. The summed E-state index contributed by atoms with van der Waals surface area (Å²) in [7, 11) is 0. The lowest BCUT2D eigenvalue weighted by Gasteiger charge is -2.35. The van der Waals surface area contributed by atoms with Crippen molar-refractivity contribution in [1.29, 1.82) is 0 Å². The first kappa shape index (κ1) is 21.2. The molecule has 2 amide bonds. The minimum Gasteiger partial charge on any atom is -0.352 e. The van der Waals surface area contributed by atoms with Gasteiger partial charge in [0.2, 0.25) is 0 Å². The third-order valence-corrected chi connectivity index (χ3v) is 6.28. The number of piperazine rings is 1. The molecular weight excluding hydrogens is 434 g/mol. The smallest absolute Gasteiger partial charge is 0.321 e. The molecule has 0 atom stereocenters. The molecule has 5 rings (SSSR count). The number of urea groups is 1. The summed E-state index contributed by atoms with van der Waals surface area (Å²) >= 11 is 6.07. The number of aryl methyl sites for hydroxylation is 1. The number of halogens is 1. The molecule has 0 spiro atoms. The molecule has 1 aromatic heterocycles. The van der Waals surface area contributed by atoms with E-state index in [1.165, 1.54) is 5.39 Å². The number of benzene rings is 3. The summed E-state index contributed by atoms with van der Waals surface area (Å²) in [5.41, 5.74) is 3.65. The Kier molecular flexibility index (Phi) is 5.84. The molecule has 4 aromatic rings.